The van der Waals surface area contributed by atoms with Gasteiger partial charge in [-0.25, -0.2) is 8.42 Å². The van der Waals surface area contributed by atoms with Crippen molar-refractivity contribution in [1.82, 2.24) is 15.5 Å². The lowest BCUT2D eigenvalue weighted by Gasteiger charge is -2.36. The van der Waals surface area contributed by atoms with Crippen molar-refractivity contribution in [3.63, 3.8) is 0 Å². The predicted molar refractivity (Wildman–Crippen MR) is 138 cm³/mol. The lowest BCUT2D eigenvalue weighted by Crippen LogP contribution is -2.46. The maximum absolute atomic E-state index is 11.6. The molecule has 1 aromatic rings. The van der Waals surface area contributed by atoms with Crippen molar-refractivity contribution in [3.05, 3.63) is 24.3 Å². The fourth-order valence-electron chi connectivity index (χ4n) is 3.93. The monoisotopic (exact) mass is 565 g/mol. The quantitative estimate of drug-likeness (QED) is 0.214. The summed E-state index contributed by atoms with van der Waals surface area (Å²) in [5.74, 6) is 2.09. The molecular weight excluding hydrogens is 529 g/mol. The Kier molecular flexibility index (Phi) is 10.6. The molecule has 2 fully saturated rings. The van der Waals surface area contributed by atoms with Gasteiger partial charge in [-0.3, -0.25) is 9.89 Å². The number of anilines is 1. The Morgan fingerprint density at radius 3 is 2.48 bits per heavy atom. The summed E-state index contributed by atoms with van der Waals surface area (Å²) < 4.78 is 28.5. The van der Waals surface area contributed by atoms with Gasteiger partial charge in [0.15, 0.2) is 15.8 Å². The van der Waals surface area contributed by atoms with Crippen molar-refractivity contribution in [3.8, 4) is 5.75 Å². The number of hydrogen-bond donors (Lipinski definition) is 2. The van der Waals surface area contributed by atoms with Gasteiger partial charge in [-0.15, -0.1) is 24.0 Å². The SMILES string of the molecule is CCNC(=NCCCN1CCN(c2ccc(OC)cc2)CC1)NC1CCS(=O)(=O)C1.I. The molecule has 2 saturated heterocycles. The maximum atomic E-state index is 11.6. The van der Waals surface area contributed by atoms with E-state index in [1.807, 2.05) is 19.1 Å². The summed E-state index contributed by atoms with van der Waals surface area (Å²) in [6.07, 6.45) is 1.65. The molecular formula is C21H36IN5O3S. The van der Waals surface area contributed by atoms with Crippen LogP contribution in [0.15, 0.2) is 29.3 Å². The molecule has 176 valence electrons. The Hall–Kier alpha value is -1.27. The zero-order valence-electron chi connectivity index (χ0n) is 18.5. The molecule has 1 aromatic carbocycles. The molecule has 2 aliphatic rings. The van der Waals surface area contributed by atoms with Crippen molar-refractivity contribution in [2.75, 3.05) is 69.3 Å². The number of ether oxygens (including phenoxy) is 1. The first-order chi connectivity index (χ1) is 14.5. The number of nitrogens with one attached hydrogen (secondary N) is 2. The van der Waals surface area contributed by atoms with Crippen LogP contribution >= 0.6 is 24.0 Å². The van der Waals surface area contributed by atoms with E-state index in [0.717, 1.165) is 63.9 Å². The van der Waals surface area contributed by atoms with Crippen LogP contribution in [0.2, 0.25) is 0 Å². The Morgan fingerprint density at radius 2 is 1.90 bits per heavy atom. The number of methoxy groups -OCH3 is 1. The maximum Gasteiger partial charge on any atom is 0.191 e. The standard InChI is InChI=1S/C21H35N5O3S.HI/c1-3-22-21(24-18-9-16-30(27,28)17-18)23-10-4-11-25-12-14-26(15-13-25)19-5-7-20(29-2)8-6-19;/h5-8,18H,3-4,9-17H2,1-2H3,(H2,22,23,24);1H. The van der Waals surface area contributed by atoms with Gasteiger partial charge >= 0.3 is 0 Å². The van der Waals surface area contributed by atoms with Gasteiger partial charge in [-0.2, -0.15) is 0 Å². The Balaban J connectivity index is 0.00000341. The number of guanidine groups is 1. The van der Waals surface area contributed by atoms with Gasteiger partial charge in [0.05, 0.1) is 18.6 Å². The van der Waals surface area contributed by atoms with Gasteiger partial charge in [-0.1, -0.05) is 0 Å². The Bertz CT molecular complexity index is 796. The highest BCUT2D eigenvalue weighted by molar-refractivity contribution is 14.0. The second-order valence-corrected chi connectivity index (χ2v) is 10.1. The summed E-state index contributed by atoms with van der Waals surface area (Å²) in [4.78, 5) is 9.54. The third kappa shape index (κ3) is 8.30. The summed E-state index contributed by atoms with van der Waals surface area (Å²) in [7, 11) is -1.20. The summed E-state index contributed by atoms with van der Waals surface area (Å²) in [6, 6.07) is 8.23. The number of sulfone groups is 1. The van der Waals surface area contributed by atoms with Crippen molar-refractivity contribution < 1.29 is 13.2 Å². The molecule has 0 bridgehead atoms. The van der Waals surface area contributed by atoms with Gasteiger partial charge < -0.3 is 20.3 Å². The highest BCUT2D eigenvalue weighted by Crippen LogP contribution is 2.20. The minimum Gasteiger partial charge on any atom is -0.497 e. The molecule has 0 radical (unpaired) electrons. The summed E-state index contributed by atoms with van der Waals surface area (Å²) >= 11 is 0. The van der Waals surface area contributed by atoms with E-state index >= 15 is 0 Å². The second kappa shape index (κ2) is 12.7. The van der Waals surface area contributed by atoms with Crippen molar-refractivity contribution in [2.45, 2.75) is 25.8 Å². The topological polar surface area (TPSA) is 86.3 Å². The first kappa shape index (κ1) is 26.0. The molecule has 2 N–H and O–H groups in total. The number of rotatable bonds is 8. The number of piperazine rings is 1. The van der Waals surface area contributed by atoms with E-state index in [9.17, 15) is 8.42 Å². The van der Waals surface area contributed by atoms with Crippen LogP contribution in [0, 0.1) is 0 Å². The van der Waals surface area contributed by atoms with E-state index in [1.54, 1.807) is 7.11 Å². The fraction of sp³-hybridized carbons (Fsp3) is 0.667. The van der Waals surface area contributed by atoms with Gasteiger partial charge in [0, 0.05) is 57.5 Å². The number of hydrogen-bond acceptors (Lipinski definition) is 6. The Morgan fingerprint density at radius 1 is 1.19 bits per heavy atom. The van der Waals surface area contributed by atoms with E-state index < -0.39 is 9.84 Å². The lowest BCUT2D eigenvalue weighted by atomic mass is 10.2. The molecule has 0 spiro atoms. The highest BCUT2D eigenvalue weighted by atomic mass is 127. The van der Waals surface area contributed by atoms with E-state index in [-0.39, 0.29) is 41.5 Å². The van der Waals surface area contributed by atoms with Crippen LogP contribution in [0.25, 0.3) is 0 Å². The van der Waals surface area contributed by atoms with Crippen molar-refractivity contribution in [2.24, 2.45) is 4.99 Å². The van der Waals surface area contributed by atoms with E-state index in [0.29, 0.717) is 6.42 Å². The normalized spacial score (nSPS) is 21.4. The fourth-order valence-corrected chi connectivity index (χ4v) is 5.60. The van der Waals surface area contributed by atoms with Crippen LogP contribution in [0.5, 0.6) is 5.75 Å². The smallest absolute Gasteiger partial charge is 0.191 e. The molecule has 0 aromatic heterocycles. The minimum atomic E-state index is -2.89. The van der Waals surface area contributed by atoms with Crippen LogP contribution in [-0.4, -0.2) is 89.7 Å². The number of benzene rings is 1. The predicted octanol–water partition coefficient (Wildman–Crippen LogP) is 1.57. The molecule has 10 heteroatoms. The van der Waals surface area contributed by atoms with Gasteiger partial charge in [-0.05, 0) is 44.0 Å². The molecule has 1 unspecified atom stereocenters. The average Bonchev–Trinajstić information content (AvgIpc) is 3.10. The van der Waals surface area contributed by atoms with E-state index in [4.69, 9.17) is 4.74 Å². The van der Waals surface area contributed by atoms with Crippen LogP contribution in [0.1, 0.15) is 19.8 Å². The van der Waals surface area contributed by atoms with E-state index in [1.165, 1.54) is 5.69 Å². The molecule has 2 aliphatic heterocycles. The lowest BCUT2D eigenvalue weighted by molar-refractivity contribution is 0.256. The molecule has 0 aliphatic carbocycles. The van der Waals surface area contributed by atoms with Gasteiger partial charge in [0.25, 0.3) is 0 Å². The average molecular weight is 566 g/mol. The third-order valence-corrected chi connectivity index (χ3v) is 7.40. The van der Waals surface area contributed by atoms with Crippen molar-refractivity contribution in [1.29, 1.82) is 0 Å². The van der Waals surface area contributed by atoms with Gasteiger partial charge in [0.1, 0.15) is 5.75 Å². The number of aliphatic imine (C=N–C) groups is 1. The van der Waals surface area contributed by atoms with Crippen LogP contribution < -0.4 is 20.3 Å². The first-order valence-electron chi connectivity index (χ1n) is 10.9. The highest BCUT2D eigenvalue weighted by Gasteiger charge is 2.28. The van der Waals surface area contributed by atoms with Crippen molar-refractivity contribution >= 4 is 45.5 Å². The van der Waals surface area contributed by atoms with Crippen LogP contribution in [-0.2, 0) is 9.84 Å². The zero-order chi connectivity index (χ0) is 21.4. The second-order valence-electron chi connectivity index (χ2n) is 7.89. The first-order valence-corrected chi connectivity index (χ1v) is 12.7. The number of halogens is 1. The van der Waals surface area contributed by atoms with Crippen LogP contribution in [0.4, 0.5) is 5.69 Å². The molecule has 1 atom stereocenters. The van der Waals surface area contributed by atoms with Gasteiger partial charge in [0.2, 0.25) is 0 Å². The Labute approximate surface area is 203 Å². The summed E-state index contributed by atoms with van der Waals surface area (Å²) in [5, 5.41) is 6.50. The minimum absolute atomic E-state index is 0. The third-order valence-electron chi connectivity index (χ3n) is 5.63. The molecule has 2 heterocycles. The molecule has 8 nitrogen and oxygen atoms in total. The molecule has 3 rings (SSSR count). The summed E-state index contributed by atoms with van der Waals surface area (Å²) in [6.45, 7) is 8.68. The molecule has 31 heavy (non-hydrogen) atoms. The zero-order valence-corrected chi connectivity index (χ0v) is 21.7. The largest absolute Gasteiger partial charge is 0.497 e. The van der Waals surface area contributed by atoms with Crippen LogP contribution in [0.3, 0.4) is 0 Å². The summed E-state index contributed by atoms with van der Waals surface area (Å²) in [5.41, 5.74) is 1.25. The molecule has 0 saturated carbocycles. The van der Waals surface area contributed by atoms with E-state index in [2.05, 4.69) is 37.6 Å². The molecule has 0 amide bonds. The number of nitrogens with zero attached hydrogens (tertiary/aromatic N) is 3.